The van der Waals surface area contributed by atoms with Crippen molar-refractivity contribution in [2.24, 2.45) is 0 Å². The summed E-state index contributed by atoms with van der Waals surface area (Å²) in [5.41, 5.74) is 3.82. The van der Waals surface area contributed by atoms with Crippen LogP contribution in [-0.2, 0) is 0 Å². The van der Waals surface area contributed by atoms with Crippen LogP contribution in [0.4, 0.5) is 0 Å². The minimum absolute atomic E-state index is 0. The molecular formula is C19H26ClNO. The van der Waals surface area contributed by atoms with Crippen LogP contribution in [0.3, 0.4) is 0 Å². The Hall–Kier alpha value is -1.51. The van der Waals surface area contributed by atoms with Gasteiger partial charge in [0.15, 0.2) is 0 Å². The van der Waals surface area contributed by atoms with Crippen LogP contribution in [0.15, 0.2) is 48.5 Å². The molecule has 2 aromatic carbocycles. The number of hydrogen-bond donors (Lipinski definition) is 1. The molecule has 2 nitrogen and oxygen atoms in total. The zero-order chi connectivity index (χ0) is 15.1. The molecule has 0 heterocycles. The standard InChI is InChI=1S/C19H25NO.ClH/c1-15(2)20-13-6-14-21-18-11-9-17(10-12-18)19-8-5-4-7-16(19)3;/h4-5,7-12,15,20H,6,13-14H2,1-3H3;1H. The van der Waals surface area contributed by atoms with E-state index < -0.39 is 0 Å². The molecule has 22 heavy (non-hydrogen) atoms. The Morgan fingerprint density at radius 2 is 1.68 bits per heavy atom. The lowest BCUT2D eigenvalue weighted by Gasteiger charge is -2.10. The maximum atomic E-state index is 5.77. The van der Waals surface area contributed by atoms with Crippen molar-refractivity contribution in [2.75, 3.05) is 13.2 Å². The quantitative estimate of drug-likeness (QED) is 0.736. The third-order valence-corrected chi connectivity index (χ3v) is 3.45. The third kappa shape index (κ3) is 5.70. The minimum atomic E-state index is 0. The van der Waals surface area contributed by atoms with Crippen molar-refractivity contribution in [2.45, 2.75) is 33.2 Å². The maximum Gasteiger partial charge on any atom is 0.119 e. The number of rotatable bonds is 7. The molecule has 0 amide bonds. The largest absolute Gasteiger partial charge is 0.494 e. The number of hydrogen-bond acceptors (Lipinski definition) is 2. The minimum Gasteiger partial charge on any atom is -0.494 e. The Kier molecular flexibility index (Phi) is 8.00. The van der Waals surface area contributed by atoms with E-state index in [-0.39, 0.29) is 12.4 Å². The Labute approximate surface area is 140 Å². The van der Waals surface area contributed by atoms with E-state index in [2.05, 4.69) is 74.6 Å². The van der Waals surface area contributed by atoms with Crippen LogP contribution in [0.1, 0.15) is 25.8 Å². The fourth-order valence-corrected chi connectivity index (χ4v) is 2.28. The van der Waals surface area contributed by atoms with Gasteiger partial charge in [-0.05, 0) is 48.7 Å². The molecule has 0 fully saturated rings. The molecule has 0 aromatic heterocycles. The van der Waals surface area contributed by atoms with E-state index in [4.69, 9.17) is 4.74 Å². The Morgan fingerprint density at radius 3 is 2.32 bits per heavy atom. The normalized spacial score (nSPS) is 10.4. The highest BCUT2D eigenvalue weighted by atomic mass is 35.5. The van der Waals surface area contributed by atoms with Gasteiger partial charge in [-0.25, -0.2) is 0 Å². The molecular weight excluding hydrogens is 294 g/mol. The Morgan fingerprint density at radius 1 is 1.00 bits per heavy atom. The third-order valence-electron chi connectivity index (χ3n) is 3.45. The highest BCUT2D eigenvalue weighted by Gasteiger charge is 2.01. The number of ether oxygens (including phenoxy) is 1. The SMILES string of the molecule is Cc1ccccc1-c1ccc(OCCCNC(C)C)cc1.Cl. The molecule has 0 atom stereocenters. The monoisotopic (exact) mass is 319 g/mol. The molecule has 3 heteroatoms. The summed E-state index contributed by atoms with van der Waals surface area (Å²) in [6.07, 6.45) is 1.03. The van der Waals surface area contributed by atoms with Crippen LogP contribution in [0.2, 0.25) is 0 Å². The summed E-state index contributed by atoms with van der Waals surface area (Å²) in [6, 6.07) is 17.3. The highest BCUT2D eigenvalue weighted by molar-refractivity contribution is 5.85. The van der Waals surface area contributed by atoms with E-state index in [9.17, 15) is 0 Å². The maximum absolute atomic E-state index is 5.77. The molecule has 0 spiro atoms. The van der Waals surface area contributed by atoms with Crippen molar-refractivity contribution >= 4 is 12.4 Å². The van der Waals surface area contributed by atoms with Gasteiger partial charge in [0.05, 0.1) is 6.61 Å². The molecule has 120 valence electrons. The average Bonchev–Trinajstić information content (AvgIpc) is 2.48. The van der Waals surface area contributed by atoms with Gasteiger partial charge in [0.1, 0.15) is 5.75 Å². The first-order chi connectivity index (χ1) is 10.2. The van der Waals surface area contributed by atoms with E-state index in [1.807, 2.05) is 0 Å². The van der Waals surface area contributed by atoms with Crippen molar-refractivity contribution in [1.82, 2.24) is 5.32 Å². The van der Waals surface area contributed by atoms with E-state index in [0.29, 0.717) is 6.04 Å². The molecule has 0 aliphatic rings. The first-order valence-corrected chi connectivity index (χ1v) is 7.69. The van der Waals surface area contributed by atoms with Gasteiger partial charge >= 0.3 is 0 Å². The molecule has 0 saturated carbocycles. The number of nitrogens with one attached hydrogen (secondary N) is 1. The summed E-state index contributed by atoms with van der Waals surface area (Å²) < 4.78 is 5.77. The topological polar surface area (TPSA) is 21.3 Å². The van der Waals surface area contributed by atoms with E-state index in [1.54, 1.807) is 0 Å². The summed E-state index contributed by atoms with van der Waals surface area (Å²) >= 11 is 0. The summed E-state index contributed by atoms with van der Waals surface area (Å²) in [5, 5.41) is 3.39. The number of benzene rings is 2. The van der Waals surface area contributed by atoms with Crippen molar-refractivity contribution < 1.29 is 4.74 Å². The van der Waals surface area contributed by atoms with Gasteiger partial charge in [-0.15, -0.1) is 12.4 Å². The number of aryl methyl sites for hydroxylation is 1. The summed E-state index contributed by atoms with van der Waals surface area (Å²) in [7, 11) is 0. The van der Waals surface area contributed by atoms with E-state index >= 15 is 0 Å². The van der Waals surface area contributed by atoms with Crippen LogP contribution >= 0.6 is 12.4 Å². The first-order valence-electron chi connectivity index (χ1n) is 7.69. The van der Waals surface area contributed by atoms with Crippen LogP contribution in [0.25, 0.3) is 11.1 Å². The molecule has 0 unspecified atom stereocenters. The van der Waals surface area contributed by atoms with Crippen molar-refractivity contribution in [3.8, 4) is 16.9 Å². The molecule has 1 N–H and O–H groups in total. The lowest BCUT2D eigenvalue weighted by Crippen LogP contribution is -2.24. The predicted molar refractivity (Wildman–Crippen MR) is 97.1 cm³/mol. The fraction of sp³-hybridized carbons (Fsp3) is 0.368. The lowest BCUT2D eigenvalue weighted by molar-refractivity contribution is 0.306. The smallest absolute Gasteiger partial charge is 0.119 e. The molecule has 0 aliphatic heterocycles. The Bertz CT molecular complexity index is 552. The fourth-order valence-electron chi connectivity index (χ4n) is 2.28. The Balaban J connectivity index is 0.00000242. The summed E-state index contributed by atoms with van der Waals surface area (Å²) in [5.74, 6) is 0.942. The highest BCUT2D eigenvalue weighted by Crippen LogP contribution is 2.25. The second kappa shape index (κ2) is 9.50. The zero-order valence-electron chi connectivity index (χ0n) is 13.6. The summed E-state index contributed by atoms with van der Waals surface area (Å²) in [6.45, 7) is 8.21. The predicted octanol–water partition coefficient (Wildman–Crippen LogP) is 4.85. The van der Waals surface area contributed by atoms with Gasteiger partial charge in [0.25, 0.3) is 0 Å². The van der Waals surface area contributed by atoms with Crippen LogP contribution in [0.5, 0.6) is 5.75 Å². The molecule has 2 aromatic rings. The van der Waals surface area contributed by atoms with Gasteiger partial charge in [-0.1, -0.05) is 50.2 Å². The van der Waals surface area contributed by atoms with Gasteiger partial charge in [-0.3, -0.25) is 0 Å². The lowest BCUT2D eigenvalue weighted by atomic mass is 10.0. The molecule has 0 radical (unpaired) electrons. The number of halogens is 1. The van der Waals surface area contributed by atoms with Crippen molar-refractivity contribution in [1.29, 1.82) is 0 Å². The zero-order valence-corrected chi connectivity index (χ0v) is 14.5. The first kappa shape index (κ1) is 18.5. The molecule has 0 saturated heterocycles. The van der Waals surface area contributed by atoms with Crippen molar-refractivity contribution in [3.05, 3.63) is 54.1 Å². The van der Waals surface area contributed by atoms with Crippen molar-refractivity contribution in [3.63, 3.8) is 0 Å². The second-order valence-electron chi connectivity index (χ2n) is 5.65. The van der Waals surface area contributed by atoms with Crippen LogP contribution < -0.4 is 10.1 Å². The second-order valence-corrected chi connectivity index (χ2v) is 5.65. The van der Waals surface area contributed by atoms with Gasteiger partial charge in [-0.2, -0.15) is 0 Å². The van der Waals surface area contributed by atoms with Crippen LogP contribution in [-0.4, -0.2) is 19.2 Å². The van der Waals surface area contributed by atoms with Gasteiger partial charge < -0.3 is 10.1 Å². The van der Waals surface area contributed by atoms with Crippen LogP contribution in [0, 0.1) is 6.92 Å². The van der Waals surface area contributed by atoms with Gasteiger partial charge in [0, 0.05) is 6.04 Å². The average molecular weight is 320 g/mol. The molecule has 0 aliphatic carbocycles. The molecule has 0 bridgehead atoms. The van der Waals surface area contributed by atoms with Gasteiger partial charge in [0.2, 0.25) is 0 Å². The van der Waals surface area contributed by atoms with E-state index in [0.717, 1.165) is 25.3 Å². The molecule has 2 rings (SSSR count). The summed E-state index contributed by atoms with van der Waals surface area (Å²) in [4.78, 5) is 0. The van der Waals surface area contributed by atoms with E-state index in [1.165, 1.54) is 16.7 Å².